The van der Waals surface area contributed by atoms with Crippen molar-refractivity contribution in [3.8, 4) is 0 Å². The molecular formula is C19H25OP. The molecule has 0 N–H and O–H groups in total. The predicted molar refractivity (Wildman–Crippen MR) is 94.2 cm³/mol. The number of aryl methyl sites for hydroxylation is 4. The van der Waals surface area contributed by atoms with Crippen LogP contribution < -0.4 is 10.6 Å². The molecule has 0 heterocycles. The molecule has 0 aliphatic carbocycles. The fourth-order valence-electron chi connectivity index (χ4n) is 2.62. The van der Waals surface area contributed by atoms with Gasteiger partial charge in [-0.1, -0.05) is 34.4 Å². The molecule has 0 aliphatic rings. The van der Waals surface area contributed by atoms with E-state index in [9.17, 15) is 0 Å². The van der Waals surface area contributed by atoms with Crippen molar-refractivity contribution in [2.45, 2.75) is 47.6 Å². The van der Waals surface area contributed by atoms with E-state index in [1.165, 1.54) is 32.9 Å². The van der Waals surface area contributed by atoms with Crippen LogP contribution in [0.1, 0.15) is 36.1 Å². The first kappa shape index (κ1) is 16.2. The van der Waals surface area contributed by atoms with Gasteiger partial charge in [-0.3, -0.25) is 0 Å². The van der Waals surface area contributed by atoms with Gasteiger partial charge in [0.15, 0.2) is 0 Å². The Hall–Kier alpha value is -1.17. The molecule has 1 nitrogen and oxygen atoms in total. The van der Waals surface area contributed by atoms with Crippen molar-refractivity contribution in [2.24, 2.45) is 0 Å². The summed E-state index contributed by atoms with van der Waals surface area (Å²) in [7, 11) is -0.755. The van der Waals surface area contributed by atoms with Crippen LogP contribution in [0.4, 0.5) is 0 Å². The Balaban J connectivity index is 2.51. The maximum absolute atomic E-state index is 6.31. The minimum Gasteiger partial charge on any atom is -0.347 e. The third-order valence-electron chi connectivity index (χ3n) is 3.20. The molecule has 0 saturated carbocycles. The van der Waals surface area contributed by atoms with E-state index in [1.54, 1.807) is 0 Å². The lowest BCUT2D eigenvalue weighted by Crippen LogP contribution is -2.18. The summed E-state index contributed by atoms with van der Waals surface area (Å²) in [5, 5.41) is 2.61. The van der Waals surface area contributed by atoms with Crippen LogP contribution in [0, 0.1) is 27.7 Å². The zero-order valence-corrected chi connectivity index (χ0v) is 14.8. The van der Waals surface area contributed by atoms with Crippen molar-refractivity contribution >= 4 is 18.8 Å². The van der Waals surface area contributed by atoms with E-state index in [1.807, 2.05) is 0 Å². The van der Waals surface area contributed by atoms with Gasteiger partial charge in [0.2, 0.25) is 0 Å². The minimum atomic E-state index is -0.755. The van der Waals surface area contributed by atoms with Gasteiger partial charge in [0.1, 0.15) is 0 Å². The van der Waals surface area contributed by atoms with Gasteiger partial charge in [-0.05, 0) is 65.8 Å². The SMILES string of the molecule is Cc1cc(C)cc(P(OC(C)C)c2cc(C)cc(C)c2)c1. The molecule has 0 fully saturated rings. The van der Waals surface area contributed by atoms with Gasteiger partial charge in [-0.15, -0.1) is 0 Å². The molecular weight excluding hydrogens is 275 g/mol. The van der Waals surface area contributed by atoms with Crippen LogP contribution in [0.15, 0.2) is 36.4 Å². The quantitative estimate of drug-likeness (QED) is 0.744. The van der Waals surface area contributed by atoms with Gasteiger partial charge in [0.25, 0.3) is 0 Å². The lowest BCUT2D eigenvalue weighted by atomic mass is 10.2. The summed E-state index contributed by atoms with van der Waals surface area (Å²) >= 11 is 0. The second-order valence-corrected chi connectivity index (χ2v) is 7.97. The van der Waals surface area contributed by atoms with Gasteiger partial charge in [-0.2, -0.15) is 0 Å². The van der Waals surface area contributed by atoms with Crippen LogP contribution in [0.25, 0.3) is 0 Å². The highest BCUT2D eigenvalue weighted by Gasteiger charge is 2.18. The number of hydrogen-bond donors (Lipinski definition) is 0. The fourth-order valence-corrected chi connectivity index (χ4v) is 4.86. The smallest absolute Gasteiger partial charge is 0.0921 e. The summed E-state index contributed by atoms with van der Waals surface area (Å²) in [5.41, 5.74) is 5.20. The van der Waals surface area contributed by atoms with Crippen LogP contribution >= 0.6 is 8.15 Å². The van der Waals surface area contributed by atoms with Crippen molar-refractivity contribution in [3.63, 3.8) is 0 Å². The minimum absolute atomic E-state index is 0.220. The Morgan fingerprint density at radius 1 is 0.667 bits per heavy atom. The monoisotopic (exact) mass is 300 g/mol. The number of hydrogen-bond acceptors (Lipinski definition) is 1. The summed E-state index contributed by atoms with van der Waals surface area (Å²) in [6, 6.07) is 13.5. The Labute approximate surface area is 130 Å². The molecule has 2 aromatic rings. The number of benzene rings is 2. The van der Waals surface area contributed by atoms with Crippen LogP contribution in [0.5, 0.6) is 0 Å². The highest BCUT2D eigenvalue weighted by molar-refractivity contribution is 7.68. The molecule has 21 heavy (non-hydrogen) atoms. The van der Waals surface area contributed by atoms with Crippen LogP contribution in [0.2, 0.25) is 0 Å². The Bertz CT molecular complexity index is 539. The average Bonchev–Trinajstić information content (AvgIpc) is 2.33. The molecule has 2 aromatic carbocycles. The predicted octanol–water partition coefficient (Wildman–Crippen LogP) is 4.69. The van der Waals surface area contributed by atoms with Crippen molar-refractivity contribution in [1.29, 1.82) is 0 Å². The summed E-state index contributed by atoms with van der Waals surface area (Å²) < 4.78 is 6.31. The third kappa shape index (κ3) is 4.40. The molecule has 0 bridgehead atoms. The second-order valence-electron chi connectivity index (χ2n) is 6.14. The van der Waals surface area contributed by atoms with E-state index in [4.69, 9.17) is 4.52 Å². The van der Waals surface area contributed by atoms with Gasteiger partial charge in [-0.25, -0.2) is 0 Å². The van der Waals surface area contributed by atoms with Crippen molar-refractivity contribution in [2.75, 3.05) is 0 Å². The van der Waals surface area contributed by atoms with E-state index >= 15 is 0 Å². The normalized spacial score (nSPS) is 11.4. The van der Waals surface area contributed by atoms with Gasteiger partial charge in [0, 0.05) is 10.6 Å². The molecule has 2 heteroatoms. The van der Waals surface area contributed by atoms with Crippen LogP contribution in [-0.4, -0.2) is 6.10 Å². The van der Waals surface area contributed by atoms with Crippen molar-refractivity contribution in [3.05, 3.63) is 58.7 Å². The molecule has 0 atom stereocenters. The van der Waals surface area contributed by atoms with E-state index in [0.717, 1.165) is 0 Å². The van der Waals surface area contributed by atoms with E-state index in [-0.39, 0.29) is 6.10 Å². The summed E-state index contributed by atoms with van der Waals surface area (Å²) in [5.74, 6) is 0. The van der Waals surface area contributed by atoms with E-state index < -0.39 is 8.15 Å². The summed E-state index contributed by atoms with van der Waals surface area (Å²) in [6.07, 6.45) is 0.220. The highest BCUT2D eigenvalue weighted by atomic mass is 31.1. The van der Waals surface area contributed by atoms with Crippen molar-refractivity contribution < 1.29 is 4.52 Å². The van der Waals surface area contributed by atoms with Gasteiger partial charge >= 0.3 is 0 Å². The number of rotatable bonds is 4. The zero-order valence-electron chi connectivity index (χ0n) is 13.9. The lowest BCUT2D eigenvalue weighted by Gasteiger charge is -2.22. The summed E-state index contributed by atoms with van der Waals surface area (Å²) in [6.45, 7) is 12.8. The topological polar surface area (TPSA) is 9.23 Å². The van der Waals surface area contributed by atoms with Crippen LogP contribution in [0.3, 0.4) is 0 Å². The molecule has 2 rings (SSSR count). The largest absolute Gasteiger partial charge is 0.347 e. The van der Waals surface area contributed by atoms with E-state index in [0.29, 0.717) is 0 Å². The molecule has 0 amide bonds. The molecule has 112 valence electrons. The second kappa shape index (κ2) is 6.73. The first-order chi connectivity index (χ1) is 9.85. The van der Waals surface area contributed by atoms with Crippen LogP contribution in [-0.2, 0) is 4.52 Å². The first-order valence-corrected chi connectivity index (χ1v) is 8.74. The maximum atomic E-state index is 6.31. The standard InChI is InChI=1S/C19H25OP/c1-13(2)20-21(18-9-14(3)7-15(4)10-18)19-11-16(5)8-17(6)12-19/h7-13H,1-6H3. The Morgan fingerprint density at radius 2 is 1.00 bits per heavy atom. The summed E-state index contributed by atoms with van der Waals surface area (Å²) in [4.78, 5) is 0. The molecule has 0 spiro atoms. The molecule has 0 unspecified atom stereocenters. The van der Waals surface area contributed by atoms with Crippen molar-refractivity contribution in [1.82, 2.24) is 0 Å². The highest BCUT2D eigenvalue weighted by Crippen LogP contribution is 2.37. The zero-order chi connectivity index (χ0) is 15.6. The lowest BCUT2D eigenvalue weighted by molar-refractivity contribution is 0.278. The third-order valence-corrected chi connectivity index (χ3v) is 5.29. The maximum Gasteiger partial charge on any atom is 0.0921 e. The Morgan fingerprint density at radius 3 is 1.29 bits per heavy atom. The molecule has 0 saturated heterocycles. The Kier molecular flexibility index (Phi) is 5.19. The van der Waals surface area contributed by atoms with Gasteiger partial charge < -0.3 is 4.52 Å². The molecule has 0 radical (unpaired) electrons. The first-order valence-electron chi connectivity index (χ1n) is 7.48. The van der Waals surface area contributed by atoms with Gasteiger partial charge in [0.05, 0.1) is 14.3 Å². The average molecular weight is 300 g/mol. The van der Waals surface area contributed by atoms with E-state index in [2.05, 4.69) is 77.9 Å². The molecule has 0 aromatic heterocycles. The fraction of sp³-hybridized carbons (Fsp3) is 0.368. The molecule has 0 aliphatic heterocycles.